The second kappa shape index (κ2) is 6.98. The fourth-order valence-electron chi connectivity index (χ4n) is 4.07. The predicted octanol–water partition coefficient (Wildman–Crippen LogP) is 3.11. The van der Waals surface area contributed by atoms with Gasteiger partial charge in [0.1, 0.15) is 13.2 Å². The van der Waals surface area contributed by atoms with Crippen LogP contribution in [0.1, 0.15) is 48.4 Å². The normalized spacial score (nSPS) is 19.0. The van der Waals surface area contributed by atoms with Crippen LogP contribution < -0.4 is 9.47 Å². The van der Waals surface area contributed by atoms with E-state index in [4.69, 9.17) is 9.47 Å². The van der Waals surface area contributed by atoms with E-state index >= 15 is 0 Å². The molecule has 0 saturated heterocycles. The van der Waals surface area contributed by atoms with Gasteiger partial charge in [0, 0.05) is 43.0 Å². The zero-order chi connectivity index (χ0) is 19.1. The Kier molecular flexibility index (Phi) is 4.31. The van der Waals surface area contributed by atoms with E-state index in [2.05, 4.69) is 52.1 Å². The third-order valence-corrected chi connectivity index (χ3v) is 5.48. The molecule has 0 unspecified atom stereocenters. The van der Waals surface area contributed by atoms with Gasteiger partial charge in [-0.15, -0.1) is 0 Å². The van der Waals surface area contributed by atoms with Crippen LogP contribution in [0.5, 0.6) is 11.5 Å². The number of H-pyrrole nitrogens is 1. The largest absolute Gasteiger partial charge is 0.486 e. The van der Waals surface area contributed by atoms with E-state index in [1.807, 2.05) is 16.9 Å². The summed E-state index contributed by atoms with van der Waals surface area (Å²) >= 11 is 0. The summed E-state index contributed by atoms with van der Waals surface area (Å²) in [7, 11) is 0. The van der Waals surface area contributed by atoms with Crippen molar-refractivity contribution in [1.29, 1.82) is 0 Å². The second-order valence-electron chi connectivity index (χ2n) is 7.71. The smallest absolute Gasteiger partial charge is 0.161 e. The van der Waals surface area contributed by atoms with Gasteiger partial charge in [-0.2, -0.15) is 5.10 Å². The maximum absolute atomic E-state index is 5.82. The molecule has 0 radical (unpaired) electrons. The zero-order valence-corrected chi connectivity index (χ0v) is 16.3. The van der Waals surface area contributed by atoms with Gasteiger partial charge in [-0.25, -0.2) is 4.98 Å². The van der Waals surface area contributed by atoms with Crippen LogP contribution in [-0.2, 0) is 13.0 Å². The summed E-state index contributed by atoms with van der Waals surface area (Å²) in [5.74, 6) is 1.64. The number of ether oxygens (including phenoxy) is 2. The molecule has 2 aliphatic rings. The van der Waals surface area contributed by atoms with Crippen LogP contribution >= 0.6 is 0 Å². The van der Waals surface area contributed by atoms with Gasteiger partial charge in [0.05, 0.1) is 24.3 Å². The zero-order valence-electron chi connectivity index (χ0n) is 16.3. The quantitative estimate of drug-likeness (QED) is 0.754. The third kappa shape index (κ3) is 3.05. The van der Waals surface area contributed by atoms with Crippen molar-refractivity contribution in [3.8, 4) is 11.5 Å². The van der Waals surface area contributed by atoms with Crippen LogP contribution in [0.2, 0.25) is 0 Å². The van der Waals surface area contributed by atoms with Crippen LogP contribution in [0.4, 0.5) is 0 Å². The van der Waals surface area contributed by atoms with Crippen molar-refractivity contribution in [3.63, 3.8) is 0 Å². The summed E-state index contributed by atoms with van der Waals surface area (Å²) in [6.07, 6.45) is 6.89. The highest BCUT2D eigenvalue weighted by atomic mass is 16.6. The number of hydrogen-bond donors (Lipinski definition) is 1. The SMILES string of the molecule is CC(C)n1cc(CN2CCc3[nH]cnc3[C@H]2c2ccc3c(c2)OCCO3)cn1. The minimum atomic E-state index is 0.0771. The molecule has 0 amide bonds. The number of aromatic nitrogens is 4. The molecule has 2 aromatic heterocycles. The highest BCUT2D eigenvalue weighted by molar-refractivity contribution is 5.46. The minimum absolute atomic E-state index is 0.0771. The van der Waals surface area contributed by atoms with Gasteiger partial charge < -0.3 is 14.5 Å². The van der Waals surface area contributed by atoms with Crippen molar-refractivity contribution in [2.24, 2.45) is 0 Å². The lowest BCUT2D eigenvalue weighted by Gasteiger charge is -2.35. The summed E-state index contributed by atoms with van der Waals surface area (Å²) in [6, 6.07) is 6.69. The monoisotopic (exact) mass is 379 g/mol. The molecule has 4 heterocycles. The summed E-state index contributed by atoms with van der Waals surface area (Å²) < 4.78 is 13.5. The molecule has 7 heteroatoms. The average Bonchev–Trinajstić information content (AvgIpc) is 3.37. The van der Waals surface area contributed by atoms with Gasteiger partial charge in [-0.3, -0.25) is 9.58 Å². The number of rotatable bonds is 4. The Bertz CT molecular complexity index is 977. The summed E-state index contributed by atoms with van der Waals surface area (Å²) in [4.78, 5) is 10.4. The van der Waals surface area contributed by atoms with Crippen LogP contribution in [0.3, 0.4) is 0 Å². The van der Waals surface area contributed by atoms with Crippen molar-refractivity contribution in [3.05, 3.63) is 59.4 Å². The molecule has 3 aromatic rings. The first-order chi connectivity index (χ1) is 13.7. The fraction of sp³-hybridized carbons (Fsp3) is 0.429. The van der Waals surface area contributed by atoms with E-state index in [0.717, 1.165) is 36.7 Å². The molecule has 28 heavy (non-hydrogen) atoms. The molecule has 0 spiro atoms. The second-order valence-corrected chi connectivity index (χ2v) is 7.71. The van der Waals surface area contributed by atoms with E-state index < -0.39 is 0 Å². The van der Waals surface area contributed by atoms with E-state index in [0.29, 0.717) is 19.3 Å². The van der Waals surface area contributed by atoms with Crippen LogP contribution in [0.25, 0.3) is 0 Å². The van der Waals surface area contributed by atoms with E-state index in [9.17, 15) is 0 Å². The highest BCUT2D eigenvalue weighted by Crippen LogP contribution is 2.39. The number of imidazole rings is 1. The average molecular weight is 379 g/mol. The predicted molar refractivity (Wildman–Crippen MR) is 105 cm³/mol. The molecule has 0 fully saturated rings. The van der Waals surface area contributed by atoms with Crippen LogP contribution in [0, 0.1) is 0 Å². The number of benzene rings is 1. The third-order valence-electron chi connectivity index (χ3n) is 5.48. The highest BCUT2D eigenvalue weighted by Gasteiger charge is 2.32. The molecule has 1 N–H and O–H groups in total. The van der Waals surface area contributed by atoms with E-state index in [1.165, 1.54) is 16.8 Å². The Morgan fingerprint density at radius 2 is 2.07 bits per heavy atom. The van der Waals surface area contributed by atoms with Crippen molar-refractivity contribution >= 4 is 0 Å². The van der Waals surface area contributed by atoms with Gasteiger partial charge in [-0.1, -0.05) is 6.07 Å². The van der Waals surface area contributed by atoms with Crippen molar-refractivity contribution in [2.75, 3.05) is 19.8 Å². The topological polar surface area (TPSA) is 68.2 Å². The molecule has 0 aliphatic carbocycles. The van der Waals surface area contributed by atoms with Gasteiger partial charge >= 0.3 is 0 Å². The van der Waals surface area contributed by atoms with Gasteiger partial charge in [-0.05, 0) is 31.5 Å². The van der Waals surface area contributed by atoms with Gasteiger partial charge in [0.15, 0.2) is 11.5 Å². The summed E-state index contributed by atoms with van der Waals surface area (Å²) in [6.45, 7) is 7.27. The van der Waals surface area contributed by atoms with Crippen LogP contribution in [0.15, 0.2) is 36.9 Å². The van der Waals surface area contributed by atoms with E-state index in [-0.39, 0.29) is 6.04 Å². The minimum Gasteiger partial charge on any atom is -0.486 e. The molecule has 1 atom stereocenters. The number of fused-ring (bicyclic) bond motifs is 2. The molecule has 1 aromatic carbocycles. The van der Waals surface area contributed by atoms with Gasteiger partial charge in [0.25, 0.3) is 0 Å². The Labute approximate surface area is 164 Å². The van der Waals surface area contributed by atoms with E-state index in [1.54, 1.807) is 6.33 Å². The molecule has 0 bridgehead atoms. The van der Waals surface area contributed by atoms with Gasteiger partial charge in [0.2, 0.25) is 0 Å². The lowest BCUT2D eigenvalue weighted by molar-refractivity contribution is 0.169. The first kappa shape index (κ1) is 17.3. The Hall–Kier alpha value is -2.80. The molecule has 0 saturated carbocycles. The lowest BCUT2D eigenvalue weighted by Crippen LogP contribution is -2.35. The Morgan fingerprint density at radius 3 is 2.89 bits per heavy atom. The molecule has 7 nitrogen and oxygen atoms in total. The first-order valence-electron chi connectivity index (χ1n) is 9.88. The molecule has 5 rings (SSSR count). The molecule has 146 valence electrons. The fourth-order valence-corrected chi connectivity index (χ4v) is 4.07. The number of nitrogens with zero attached hydrogens (tertiary/aromatic N) is 4. The Balaban J connectivity index is 1.49. The molecular formula is C21H25N5O2. The summed E-state index contributed by atoms with van der Waals surface area (Å²) in [5, 5.41) is 4.50. The maximum atomic E-state index is 5.82. The Morgan fingerprint density at radius 1 is 1.21 bits per heavy atom. The number of aromatic amines is 1. The molecular weight excluding hydrogens is 354 g/mol. The van der Waals surface area contributed by atoms with Crippen molar-refractivity contribution in [2.45, 2.75) is 38.9 Å². The number of nitrogens with one attached hydrogen (secondary N) is 1. The van der Waals surface area contributed by atoms with Crippen molar-refractivity contribution < 1.29 is 9.47 Å². The summed E-state index contributed by atoms with van der Waals surface area (Å²) in [5.41, 5.74) is 4.71. The van der Waals surface area contributed by atoms with Crippen LogP contribution in [-0.4, -0.2) is 44.4 Å². The molecule has 2 aliphatic heterocycles. The first-order valence-corrected chi connectivity index (χ1v) is 9.88. The van der Waals surface area contributed by atoms with Crippen molar-refractivity contribution in [1.82, 2.24) is 24.6 Å². The lowest BCUT2D eigenvalue weighted by atomic mass is 9.95. The standard InChI is InChI=1S/C21H25N5O2/c1-14(2)26-12-15(10-24-26)11-25-6-5-17-20(23-13-22-17)21(25)16-3-4-18-19(9-16)28-8-7-27-18/h3-4,9-10,12-14,21H,5-8,11H2,1-2H3,(H,22,23)/t21-/m1/s1. The number of hydrogen-bond acceptors (Lipinski definition) is 5. The maximum Gasteiger partial charge on any atom is 0.161 e.